The third-order valence-corrected chi connectivity index (χ3v) is 5.40. The van der Waals surface area contributed by atoms with Gasteiger partial charge in [0.2, 0.25) is 0 Å². The summed E-state index contributed by atoms with van der Waals surface area (Å²) in [5.41, 5.74) is 0. The minimum atomic E-state index is 0.571. The Morgan fingerprint density at radius 1 is 1.44 bits per heavy atom. The average Bonchev–Trinajstić information content (AvgIpc) is 2.16. The van der Waals surface area contributed by atoms with Crippen LogP contribution in [0.15, 0.2) is 0 Å². The van der Waals surface area contributed by atoms with Gasteiger partial charge in [0.1, 0.15) is 0 Å². The number of rotatable bonds is 2. The average molecular weight is 274 g/mol. The molecule has 1 aliphatic heterocycles. The van der Waals surface area contributed by atoms with Crippen LogP contribution in [0.5, 0.6) is 0 Å². The molecule has 3 heteroatoms. The lowest BCUT2D eigenvalue weighted by Gasteiger charge is -2.19. The van der Waals surface area contributed by atoms with Crippen LogP contribution in [0.4, 0.5) is 0 Å². The van der Waals surface area contributed by atoms with E-state index in [4.69, 9.17) is 0 Å². The summed E-state index contributed by atoms with van der Waals surface area (Å²) in [6.45, 7) is 2.37. The van der Waals surface area contributed by atoms with Crippen LogP contribution in [0.3, 0.4) is 0 Å². The summed E-state index contributed by atoms with van der Waals surface area (Å²) in [7, 11) is 0. The van der Waals surface area contributed by atoms with Gasteiger partial charge in [0.05, 0.1) is 4.08 Å². The maximum Gasteiger partial charge on any atom is 0.0590 e. The van der Waals surface area contributed by atoms with Gasteiger partial charge in [0.25, 0.3) is 0 Å². The van der Waals surface area contributed by atoms with Crippen LogP contribution < -0.4 is 0 Å². The number of halogens is 1. The SMILES string of the molecule is CC1(CCI)SCCS1. The van der Waals surface area contributed by atoms with E-state index in [9.17, 15) is 0 Å². The molecular formula is C6H11IS2. The highest BCUT2D eigenvalue weighted by molar-refractivity contribution is 14.1. The summed E-state index contributed by atoms with van der Waals surface area (Å²) in [5, 5.41) is 0. The molecule has 0 aromatic carbocycles. The zero-order chi connectivity index (χ0) is 6.74. The van der Waals surface area contributed by atoms with E-state index in [1.54, 1.807) is 0 Å². The predicted molar refractivity (Wildman–Crippen MR) is 56.8 cm³/mol. The Bertz CT molecular complexity index is 89.1. The number of hydrogen-bond acceptors (Lipinski definition) is 2. The first kappa shape index (κ1) is 8.53. The molecule has 0 saturated carbocycles. The molecule has 0 amide bonds. The van der Waals surface area contributed by atoms with E-state index in [-0.39, 0.29) is 0 Å². The number of alkyl halides is 1. The van der Waals surface area contributed by atoms with Crippen molar-refractivity contribution in [1.29, 1.82) is 0 Å². The van der Waals surface area contributed by atoms with Gasteiger partial charge in [-0.15, -0.1) is 23.5 Å². The molecule has 0 N–H and O–H groups in total. The largest absolute Gasteiger partial charge is 0.144 e. The van der Waals surface area contributed by atoms with E-state index < -0.39 is 0 Å². The van der Waals surface area contributed by atoms with Crippen molar-refractivity contribution in [2.24, 2.45) is 0 Å². The normalized spacial score (nSPS) is 24.7. The van der Waals surface area contributed by atoms with Gasteiger partial charge in [0.15, 0.2) is 0 Å². The molecule has 1 heterocycles. The van der Waals surface area contributed by atoms with Gasteiger partial charge in [-0.05, 0) is 13.3 Å². The molecule has 1 saturated heterocycles. The molecule has 54 valence electrons. The second-order valence-electron chi connectivity index (χ2n) is 2.27. The molecule has 1 fully saturated rings. The zero-order valence-electron chi connectivity index (χ0n) is 5.52. The minimum absolute atomic E-state index is 0.571. The van der Waals surface area contributed by atoms with E-state index in [0.29, 0.717) is 4.08 Å². The summed E-state index contributed by atoms with van der Waals surface area (Å²) >= 11 is 6.72. The van der Waals surface area contributed by atoms with Crippen LogP contribution in [-0.4, -0.2) is 20.0 Å². The first-order valence-electron chi connectivity index (χ1n) is 3.11. The Kier molecular flexibility index (Phi) is 3.52. The summed E-state index contributed by atoms with van der Waals surface area (Å²) in [6, 6.07) is 0. The molecule has 0 bridgehead atoms. The molecule has 0 aromatic heterocycles. The van der Waals surface area contributed by atoms with Crippen LogP contribution in [0, 0.1) is 0 Å². The number of thioether (sulfide) groups is 2. The minimum Gasteiger partial charge on any atom is -0.144 e. The van der Waals surface area contributed by atoms with Gasteiger partial charge in [-0.3, -0.25) is 0 Å². The second-order valence-corrected chi connectivity index (χ2v) is 6.80. The van der Waals surface area contributed by atoms with Gasteiger partial charge < -0.3 is 0 Å². The lowest BCUT2D eigenvalue weighted by molar-refractivity contribution is 0.874. The Labute approximate surface area is 79.1 Å². The van der Waals surface area contributed by atoms with Crippen molar-refractivity contribution in [3.8, 4) is 0 Å². The molecule has 0 radical (unpaired) electrons. The quantitative estimate of drug-likeness (QED) is 0.561. The fourth-order valence-corrected chi connectivity index (χ4v) is 5.54. The molecule has 0 atom stereocenters. The van der Waals surface area contributed by atoms with Crippen LogP contribution >= 0.6 is 46.1 Å². The smallest absolute Gasteiger partial charge is 0.0590 e. The van der Waals surface area contributed by atoms with Crippen molar-refractivity contribution in [2.75, 3.05) is 15.9 Å². The number of hydrogen-bond donors (Lipinski definition) is 0. The van der Waals surface area contributed by atoms with Crippen molar-refractivity contribution in [1.82, 2.24) is 0 Å². The van der Waals surface area contributed by atoms with Gasteiger partial charge in [0, 0.05) is 15.9 Å². The van der Waals surface area contributed by atoms with E-state index in [1.807, 2.05) is 0 Å². The molecule has 0 aromatic rings. The highest BCUT2D eigenvalue weighted by Crippen LogP contribution is 2.45. The third kappa shape index (κ3) is 2.50. The monoisotopic (exact) mass is 274 g/mol. The van der Waals surface area contributed by atoms with E-state index in [0.717, 1.165) is 0 Å². The van der Waals surface area contributed by atoms with E-state index in [1.165, 1.54) is 22.4 Å². The molecule has 0 unspecified atom stereocenters. The first-order valence-corrected chi connectivity index (χ1v) is 6.60. The molecule has 1 aliphatic rings. The van der Waals surface area contributed by atoms with Crippen LogP contribution in [0.2, 0.25) is 0 Å². The van der Waals surface area contributed by atoms with E-state index >= 15 is 0 Å². The van der Waals surface area contributed by atoms with Crippen molar-refractivity contribution < 1.29 is 0 Å². The fourth-order valence-electron chi connectivity index (χ4n) is 0.873. The lowest BCUT2D eigenvalue weighted by atomic mass is 10.4. The lowest BCUT2D eigenvalue weighted by Crippen LogP contribution is -2.10. The molecule has 9 heavy (non-hydrogen) atoms. The van der Waals surface area contributed by atoms with Crippen molar-refractivity contribution in [3.05, 3.63) is 0 Å². The zero-order valence-corrected chi connectivity index (χ0v) is 9.31. The Hall–Kier alpha value is 1.43. The summed E-state index contributed by atoms with van der Waals surface area (Å²) < 4.78 is 1.87. The summed E-state index contributed by atoms with van der Waals surface area (Å²) in [5.74, 6) is 2.72. The maximum atomic E-state index is 2.46. The van der Waals surface area contributed by atoms with Crippen LogP contribution in [0.1, 0.15) is 13.3 Å². The van der Waals surface area contributed by atoms with Crippen molar-refractivity contribution in [2.45, 2.75) is 17.4 Å². The van der Waals surface area contributed by atoms with Gasteiger partial charge in [-0.25, -0.2) is 0 Å². The highest BCUT2D eigenvalue weighted by atomic mass is 127. The Morgan fingerprint density at radius 2 is 2.00 bits per heavy atom. The van der Waals surface area contributed by atoms with Crippen LogP contribution in [0.25, 0.3) is 0 Å². The highest BCUT2D eigenvalue weighted by Gasteiger charge is 2.28. The van der Waals surface area contributed by atoms with Gasteiger partial charge in [-0.1, -0.05) is 22.6 Å². The topological polar surface area (TPSA) is 0 Å². The summed E-state index contributed by atoms with van der Waals surface area (Å²) in [6.07, 6.45) is 1.36. The molecule has 0 spiro atoms. The maximum absolute atomic E-state index is 2.46. The fraction of sp³-hybridized carbons (Fsp3) is 1.00. The molecule has 1 rings (SSSR count). The van der Waals surface area contributed by atoms with Crippen LogP contribution in [-0.2, 0) is 0 Å². The first-order chi connectivity index (χ1) is 4.27. The standard InChI is InChI=1S/C6H11IS2/c1-6(2-3-7)8-4-5-9-6/h2-5H2,1H3. The van der Waals surface area contributed by atoms with Crippen molar-refractivity contribution >= 4 is 46.1 Å². The molecule has 0 nitrogen and oxygen atoms in total. The Balaban J connectivity index is 2.32. The van der Waals surface area contributed by atoms with Gasteiger partial charge in [-0.2, -0.15) is 0 Å². The Morgan fingerprint density at radius 3 is 2.44 bits per heavy atom. The third-order valence-electron chi connectivity index (χ3n) is 1.45. The van der Waals surface area contributed by atoms with Gasteiger partial charge >= 0.3 is 0 Å². The second kappa shape index (κ2) is 3.72. The summed E-state index contributed by atoms with van der Waals surface area (Å²) in [4.78, 5) is 0. The predicted octanol–water partition coefficient (Wildman–Crippen LogP) is 3.01. The van der Waals surface area contributed by atoms with E-state index in [2.05, 4.69) is 53.0 Å². The molecule has 0 aliphatic carbocycles. The van der Waals surface area contributed by atoms with Crippen molar-refractivity contribution in [3.63, 3.8) is 0 Å². The molecular weight excluding hydrogens is 263 g/mol.